The summed E-state index contributed by atoms with van der Waals surface area (Å²) in [5.74, 6) is -0.362. The minimum Gasteiger partial charge on any atom is -0.482 e. The van der Waals surface area contributed by atoms with E-state index in [0.29, 0.717) is 28.1 Å². The van der Waals surface area contributed by atoms with Crippen LogP contribution in [0.4, 0.5) is 10.1 Å². The molecule has 1 aliphatic rings. The van der Waals surface area contributed by atoms with Crippen LogP contribution in [-0.2, 0) is 11.3 Å². The van der Waals surface area contributed by atoms with Gasteiger partial charge >= 0.3 is 0 Å². The summed E-state index contributed by atoms with van der Waals surface area (Å²) in [6.07, 6.45) is 0. The zero-order chi connectivity index (χ0) is 16.4. The van der Waals surface area contributed by atoms with E-state index in [1.807, 2.05) is 0 Å². The number of carbonyl (C=O) groups is 2. The summed E-state index contributed by atoms with van der Waals surface area (Å²) in [4.78, 5) is 23.4. The monoisotopic (exact) mass is 314 g/mol. The number of rotatable bonds is 3. The van der Waals surface area contributed by atoms with Crippen LogP contribution in [-0.4, -0.2) is 18.4 Å². The molecule has 2 aromatic carbocycles. The van der Waals surface area contributed by atoms with Crippen LogP contribution >= 0.6 is 0 Å². The van der Waals surface area contributed by atoms with Crippen molar-refractivity contribution in [3.05, 3.63) is 58.9 Å². The molecule has 0 saturated heterocycles. The van der Waals surface area contributed by atoms with Crippen molar-refractivity contribution in [3.63, 3.8) is 0 Å². The largest absolute Gasteiger partial charge is 0.482 e. The average molecular weight is 314 g/mol. The van der Waals surface area contributed by atoms with Gasteiger partial charge in [-0.3, -0.25) is 9.59 Å². The standard InChI is InChI=1S/C17H15FN2O3/c1-10-2-3-11(6-13(10)18)8-19-17(22)12-4-5-14-15(7-12)23-9-16(21)20-14/h2-7H,8-9H2,1H3,(H,19,22)(H,20,21). The number of amides is 2. The number of hydrogen-bond donors (Lipinski definition) is 2. The Balaban J connectivity index is 1.68. The maximum Gasteiger partial charge on any atom is 0.262 e. The van der Waals surface area contributed by atoms with Crippen molar-refractivity contribution in [2.75, 3.05) is 11.9 Å². The quantitative estimate of drug-likeness (QED) is 0.914. The summed E-state index contributed by atoms with van der Waals surface area (Å²) in [7, 11) is 0. The van der Waals surface area contributed by atoms with Gasteiger partial charge in [0.25, 0.3) is 11.8 Å². The fourth-order valence-electron chi connectivity index (χ4n) is 2.25. The molecule has 0 bridgehead atoms. The fraction of sp³-hybridized carbons (Fsp3) is 0.176. The van der Waals surface area contributed by atoms with Crippen molar-refractivity contribution in [1.29, 1.82) is 0 Å². The first-order valence-corrected chi connectivity index (χ1v) is 7.13. The first-order valence-electron chi connectivity index (χ1n) is 7.13. The van der Waals surface area contributed by atoms with Gasteiger partial charge in [0.15, 0.2) is 6.61 Å². The van der Waals surface area contributed by atoms with Crippen LogP contribution in [0.1, 0.15) is 21.5 Å². The van der Waals surface area contributed by atoms with E-state index >= 15 is 0 Å². The van der Waals surface area contributed by atoms with Crippen LogP contribution in [0.25, 0.3) is 0 Å². The number of nitrogens with one attached hydrogen (secondary N) is 2. The highest BCUT2D eigenvalue weighted by Crippen LogP contribution is 2.28. The third-order valence-corrected chi connectivity index (χ3v) is 3.57. The SMILES string of the molecule is Cc1ccc(CNC(=O)c2ccc3c(c2)OCC(=O)N3)cc1F. The lowest BCUT2D eigenvalue weighted by Gasteiger charge is -2.18. The normalized spacial score (nSPS) is 12.9. The van der Waals surface area contributed by atoms with Gasteiger partial charge in [0.2, 0.25) is 0 Å². The summed E-state index contributed by atoms with van der Waals surface area (Å²) in [6, 6.07) is 9.63. The molecule has 5 nitrogen and oxygen atoms in total. The van der Waals surface area contributed by atoms with Crippen LogP contribution < -0.4 is 15.4 Å². The van der Waals surface area contributed by atoms with E-state index < -0.39 is 0 Å². The van der Waals surface area contributed by atoms with E-state index in [2.05, 4.69) is 10.6 Å². The first-order chi connectivity index (χ1) is 11.0. The number of ether oxygens (including phenoxy) is 1. The number of anilines is 1. The molecule has 23 heavy (non-hydrogen) atoms. The molecule has 0 fully saturated rings. The second-order valence-corrected chi connectivity index (χ2v) is 5.31. The van der Waals surface area contributed by atoms with Gasteiger partial charge < -0.3 is 15.4 Å². The van der Waals surface area contributed by atoms with E-state index in [0.717, 1.165) is 0 Å². The van der Waals surface area contributed by atoms with Gasteiger partial charge in [0, 0.05) is 12.1 Å². The van der Waals surface area contributed by atoms with E-state index in [-0.39, 0.29) is 30.8 Å². The van der Waals surface area contributed by atoms with Gasteiger partial charge in [0.05, 0.1) is 5.69 Å². The van der Waals surface area contributed by atoms with Gasteiger partial charge in [0.1, 0.15) is 11.6 Å². The zero-order valence-electron chi connectivity index (χ0n) is 12.5. The van der Waals surface area contributed by atoms with Crippen LogP contribution in [0.2, 0.25) is 0 Å². The Labute approximate surface area is 132 Å². The molecular weight excluding hydrogens is 299 g/mol. The number of fused-ring (bicyclic) bond motifs is 1. The van der Waals surface area contributed by atoms with Gasteiger partial charge in [-0.25, -0.2) is 4.39 Å². The van der Waals surface area contributed by atoms with Crippen LogP contribution in [0.3, 0.4) is 0 Å². The van der Waals surface area contributed by atoms with Crippen LogP contribution in [0.15, 0.2) is 36.4 Å². The Morgan fingerprint density at radius 3 is 2.91 bits per heavy atom. The number of carbonyl (C=O) groups excluding carboxylic acids is 2. The topological polar surface area (TPSA) is 67.4 Å². The summed E-state index contributed by atoms with van der Waals surface area (Å²) >= 11 is 0. The lowest BCUT2D eigenvalue weighted by atomic mass is 10.1. The number of aryl methyl sites for hydroxylation is 1. The average Bonchev–Trinajstić information content (AvgIpc) is 2.55. The number of benzene rings is 2. The van der Waals surface area contributed by atoms with E-state index in [4.69, 9.17) is 4.74 Å². The van der Waals surface area contributed by atoms with E-state index in [9.17, 15) is 14.0 Å². The molecule has 1 heterocycles. The van der Waals surface area contributed by atoms with Crippen LogP contribution in [0, 0.1) is 12.7 Å². The summed E-state index contributed by atoms with van der Waals surface area (Å²) in [5, 5.41) is 5.39. The van der Waals surface area contributed by atoms with E-state index in [1.54, 1.807) is 37.3 Å². The van der Waals surface area contributed by atoms with Crippen molar-refractivity contribution in [2.45, 2.75) is 13.5 Å². The molecule has 0 unspecified atom stereocenters. The Kier molecular flexibility index (Phi) is 3.97. The lowest BCUT2D eigenvalue weighted by molar-refractivity contribution is -0.118. The van der Waals surface area contributed by atoms with Gasteiger partial charge in [-0.2, -0.15) is 0 Å². The molecule has 6 heteroatoms. The van der Waals surface area contributed by atoms with Crippen molar-refractivity contribution >= 4 is 17.5 Å². The molecule has 2 aromatic rings. The fourth-order valence-corrected chi connectivity index (χ4v) is 2.25. The Morgan fingerprint density at radius 2 is 2.13 bits per heavy atom. The first kappa shape index (κ1) is 15.0. The Morgan fingerprint density at radius 1 is 1.30 bits per heavy atom. The second kappa shape index (κ2) is 6.08. The molecule has 0 aromatic heterocycles. The highest BCUT2D eigenvalue weighted by molar-refractivity contribution is 5.98. The lowest BCUT2D eigenvalue weighted by Crippen LogP contribution is -2.26. The van der Waals surface area contributed by atoms with Crippen molar-refractivity contribution in [1.82, 2.24) is 5.32 Å². The molecule has 1 aliphatic heterocycles. The number of halogens is 1. The molecule has 3 rings (SSSR count). The number of hydrogen-bond acceptors (Lipinski definition) is 3. The zero-order valence-corrected chi connectivity index (χ0v) is 12.5. The Hall–Kier alpha value is -2.89. The van der Waals surface area contributed by atoms with Gasteiger partial charge in [-0.1, -0.05) is 12.1 Å². The molecule has 0 atom stereocenters. The third kappa shape index (κ3) is 3.31. The smallest absolute Gasteiger partial charge is 0.262 e. The maximum atomic E-state index is 13.5. The summed E-state index contributed by atoms with van der Waals surface area (Å²) < 4.78 is 18.8. The van der Waals surface area contributed by atoms with E-state index in [1.165, 1.54) is 6.07 Å². The molecule has 118 valence electrons. The molecule has 0 radical (unpaired) electrons. The maximum absolute atomic E-state index is 13.5. The summed E-state index contributed by atoms with van der Waals surface area (Å²) in [5.41, 5.74) is 2.20. The second-order valence-electron chi connectivity index (χ2n) is 5.31. The minimum absolute atomic E-state index is 0.0687. The Bertz CT molecular complexity index is 789. The minimum atomic E-state index is -0.297. The van der Waals surface area contributed by atoms with Crippen molar-refractivity contribution in [2.24, 2.45) is 0 Å². The van der Waals surface area contributed by atoms with Crippen molar-refractivity contribution < 1.29 is 18.7 Å². The molecule has 0 aliphatic carbocycles. The third-order valence-electron chi connectivity index (χ3n) is 3.57. The molecule has 2 amide bonds. The molecule has 0 saturated carbocycles. The highest BCUT2D eigenvalue weighted by atomic mass is 19.1. The van der Waals surface area contributed by atoms with Gasteiger partial charge in [-0.05, 0) is 42.3 Å². The molecule has 2 N–H and O–H groups in total. The van der Waals surface area contributed by atoms with Gasteiger partial charge in [-0.15, -0.1) is 0 Å². The van der Waals surface area contributed by atoms with Crippen LogP contribution in [0.5, 0.6) is 5.75 Å². The molecule has 0 spiro atoms. The van der Waals surface area contributed by atoms with Crippen molar-refractivity contribution in [3.8, 4) is 5.75 Å². The highest BCUT2D eigenvalue weighted by Gasteiger charge is 2.17. The predicted octanol–water partition coefficient (Wildman–Crippen LogP) is 2.40. The molecular formula is C17H15FN2O3. The predicted molar refractivity (Wildman–Crippen MR) is 82.9 cm³/mol. The summed E-state index contributed by atoms with van der Waals surface area (Å²) in [6.45, 7) is 1.84.